The third-order valence-electron chi connectivity index (χ3n) is 0.596. The summed E-state index contributed by atoms with van der Waals surface area (Å²) in [5, 5.41) is 7.99. The zero-order chi connectivity index (χ0) is 8.41. The molecule has 3 nitrogen and oxygen atoms in total. The molecule has 0 aliphatic heterocycles. The summed E-state index contributed by atoms with van der Waals surface area (Å²) in [5.41, 5.74) is 2.07. The Balaban J connectivity index is 0. The Labute approximate surface area is 61.7 Å². The molecule has 10 heavy (non-hydrogen) atoms. The number of hydrogen-bond acceptors (Lipinski definition) is 3. The molecule has 0 heterocycles. The first-order valence-electron chi connectivity index (χ1n) is 3.12. The van der Waals surface area contributed by atoms with Crippen molar-refractivity contribution in [1.29, 1.82) is 0 Å². The molecule has 0 aromatic carbocycles. The minimum atomic E-state index is 0.537. The molecule has 0 spiro atoms. The molecule has 0 amide bonds. The van der Waals surface area contributed by atoms with E-state index in [4.69, 9.17) is 10.0 Å². The van der Waals surface area contributed by atoms with E-state index in [2.05, 4.69) is 12.1 Å². The molecule has 0 aromatic heterocycles. The van der Waals surface area contributed by atoms with Crippen LogP contribution in [0.5, 0.6) is 0 Å². The van der Waals surface area contributed by atoms with Crippen LogP contribution >= 0.6 is 0 Å². The molecule has 3 heteroatoms. The molecule has 0 bridgehead atoms. The molecular formula is C7H15NO2. The summed E-state index contributed by atoms with van der Waals surface area (Å²) in [4.78, 5) is 9.06. The van der Waals surface area contributed by atoms with Gasteiger partial charge < -0.3 is 5.21 Å². The highest BCUT2D eigenvalue weighted by Gasteiger charge is 1.85. The van der Waals surface area contributed by atoms with Crippen molar-refractivity contribution in [1.82, 2.24) is 5.48 Å². The average Bonchev–Trinajstić information content (AvgIpc) is 1.89. The fraction of sp³-hybridized carbons (Fsp3) is 0.571. The Morgan fingerprint density at radius 3 is 2.10 bits per heavy atom. The van der Waals surface area contributed by atoms with Gasteiger partial charge in [-0.3, -0.25) is 4.79 Å². The summed E-state index contributed by atoms with van der Waals surface area (Å²) in [6, 6.07) is 0. The van der Waals surface area contributed by atoms with Crippen LogP contribution in [0.3, 0.4) is 0 Å². The van der Waals surface area contributed by atoms with E-state index in [1.165, 1.54) is 6.08 Å². The maximum atomic E-state index is 9.06. The van der Waals surface area contributed by atoms with Gasteiger partial charge in [-0.1, -0.05) is 20.4 Å². The third kappa shape index (κ3) is 26.5. The van der Waals surface area contributed by atoms with Crippen LogP contribution in [-0.2, 0) is 4.79 Å². The Kier molecular flexibility index (Phi) is 13.5. The van der Waals surface area contributed by atoms with Crippen LogP contribution < -0.4 is 5.48 Å². The van der Waals surface area contributed by atoms with E-state index in [1.54, 1.807) is 0 Å². The Morgan fingerprint density at radius 1 is 1.70 bits per heavy atom. The van der Waals surface area contributed by atoms with Gasteiger partial charge in [-0.15, -0.1) is 0 Å². The third-order valence-corrected chi connectivity index (χ3v) is 0.596. The molecule has 0 aliphatic carbocycles. The van der Waals surface area contributed by atoms with Crippen molar-refractivity contribution in [2.24, 2.45) is 5.92 Å². The van der Waals surface area contributed by atoms with Gasteiger partial charge in [0.1, 0.15) is 6.29 Å². The first-order chi connectivity index (χ1) is 4.68. The monoisotopic (exact) mass is 145 g/mol. The maximum absolute atomic E-state index is 9.06. The van der Waals surface area contributed by atoms with Gasteiger partial charge in [0.05, 0.1) is 0 Å². The summed E-state index contributed by atoms with van der Waals surface area (Å²) in [5.74, 6) is 0.537. The summed E-state index contributed by atoms with van der Waals surface area (Å²) < 4.78 is 0. The molecule has 0 radical (unpaired) electrons. The van der Waals surface area contributed by atoms with Gasteiger partial charge >= 0.3 is 0 Å². The zero-order valence-corrected chi connectivity index (χ0v) is 6.50. The lowest BCUT2D eigenvalue weighted by Gasteiger charge is -1.97. The number of nitrogens with one attached hydrogen (secondary N) is 1. The highest BCUT2D eigenvalue weighted by atomic mass is 16.5. The van der Waals surface area contributed by atoms with Gasteiger partial charge in [0.2, 0.25) is 0 Å². The summed E-state index contributed by atoms with van der Waals surface area (Å²) in [6.07, 6.45) is 1.83. The molecule has 0 atom stereocenters. The minimum Gasteiger partial charge on any atom is -0.317 e. The normalized spacial score (nSPS) is 8.00. The van der Waals surface area contributed by atoms with Crippen LogP contribution in [0.4, 0.5) is 0 Å². The van der Waals surface area contributed by atoms with Gasteiger partial charge in [0.25, 0.3) is 0 Å². The number of rotatable bonds is 3. The van der Waals surface area contributed by atoms with Crippen molar-refractivity contribution in [2.45, 2.75) is 13.8 Å². The van der Waals surface area contributed by atoms with Crippen LogP contribution in [0.2, 0.25) is 0 Å². The second-order valence-electron chi connectivity index (χ2n) is 2.13. The standard InChI is InChI=1S/C4H11NO.C3H4O/c1-4(2)3-5-6;1-2-3-4/h4-6H,3H2,1-2H3;2-3H,1H2. The Bertz CT molecular complexity index is 75.7. The van der Waals surface area contributed by atoms with Crippen LogP contribution in [0, 0.1) is 5.92 Å². The molecule has 2 N–H and O–H groups in total. The fourth-order valence-corrected chi connectivity index (χ4v) is 0.183. The largest absolute Gasteiger partial charge is 0.317 e. The summed E-state index contributed by atoms with van der Waals surface area (Å²) in [6.45, 7) is 7.85. The van der Waals surface area contributed by atoms with Crippen molar-refractivity contribution < 1.29 is 10.0 Å². The van der Waals surface area contributed by atoms with E-state index in [1.807, 2.05) is 13.8 Å². The number of aldehydes is 1. The molecule has 0 saturated heterocycles. The van der Waals surface area contributed by atoms with Crippen molar-refractivity contribution in [3.63, 3.8) is 0 Å². The molecule has 0 unspecified atom stereocenters. The van der Waals surface area contributed by atoms with Crippen LogP contribution in [0.1, 0.15) is 13.8 Å². The van der Waals surface area contributed by atoms with Crippen molar-refractivity contribution in [3.05, 3.63) is 12.7 Å². The van der Waals surface area contributed by atoms with Crippen LogP contribution in [-0.4, -0.2) is 18.0 Å². The number of hydroxylamine groups is 1. The first kappa shape index (κ1) is 12.0. The summed E-state index contributed by atoms with van der Waals surface area (Å²) >= 11 is 0. The SMILES string of the molecule is C=CC=O.CC(C)CNO. The van der Waals surface area contributed by atoms with Gasteiger partial charge in [-0.05, 0) is 12.0 Å². The fourth-order valence-electron chi connectivity index (χ4n) is 0.183. The molecule has 60 valence electrons. The molecule has 0 aliphatic rings. The van der Waals surface area contributed by atoms with Crippen molar-refractivity contribution in [3.8, 4) is 0 Å². The van der Waals surface area contributed by atoms with E-state index in [0.29, 0.717) is 18.7 Å². The highest BCUT2D eigenvalue weighted by molar-refractivity contribution is 5.63. The number of hydrogen-bond donors (Lipinski definition) is 2. The van der Waals surface area contributed by atoms with Crippen molar-refractivity contribution in [2.75, 3.05) is 6.54 Å². The highest BCUT2D eigenvalue weighted by Crippen LogP contribution is 1.83. The molecule has 0 aromatic rings. The number of allylic oxidation sites excluding steroid dienone is 1. The minimum absolute atomic E-state index is 0.537. The second-order valence-corrected chi connectivity index (χ2v) is 2.13. The van der Waals surface area contributed by atoms with Gasteiger partial charge in [0, 0.05) is 6.54 Å². The summed E-state index contributed by atoms with van der Waals surface area (Å²) in [7, 11) is 0. The predicted molar refractivity (Wildman–Crippen MR) is 40.9 cm³/mol. The Morgan fingerprint density at radius 2 is 2.10 bits per heavy atom. The van der Waals surface area contributed by atoms with E-state index < -0.39 is 0 Å². The maximum Gasteiger partial charge on any atom is 0.142 e. The number of carbonyl (C=O) groups is 1. The van der Waals surface area contributed by atoms with Gasteiger partial charge in [0.15, 0.2) is 0 Å². The van der Waals surface area contributed by atoms with Crippen molar-refractivity contribution >= 4 is 6.29 Å². The van der Waals surface area contributed by atoms with E-state index in [-0.39, 0.29) is 0 Å². The van der Waals surface area contributed by atoms with Gasteiger partial charge in [-0.2, -0.15) is 0 Å². The molecular weight excluding hydrogens is 130 g/mol. The number of carbonyl (C=O) groups excluding carboxylic acids is 1. The predicted octanol–water partition coefficient (Wildman–Crippen LogP) is 0.992. The van der Waals surface area contributed by atoms with E-state index >= 15 is 0 Å². The smallest absolute Gasteiger partial charge is 0.142 e. The lowest BCUT2D eigenvalue weighted by atomic mass is 10.2. The van der Waals surface area contributed by atoms with E-state index in [9.17, 15) is 0 Å². The molecule has 0 fully saturated rings. The lowest BCUT2D eigenvalue weighted by Crippen LogP contribution is -2.13. The second kappa shape index (κ2) is 11.2. The van der Waals surface area contributed by atoms with Crippen LogP contribution in [0.15, 0.2) is 12.7 Å². The average molecular weight is 145 g/mol. The quantitative estimate of drug-likeness (QED) is 0.354. The Hall–Kier alpha value is -0.670. The molecule has 0 saturated carbocycles. The molecule has 0 rings (SSSR count). The van der Waals surface area contributed by atoms with Crippen LogP contribution in [0.25, 0.3) is 0 Å². The lowest BCUT2D eigenvalue weighted by molar-refractivity contribution is -0.104. The topological polar surface area (TPSA) is 49.3 Å². The van der Waals surface area contributed by atoms with Gasteiger partial charge in [-0.25, -0.2) is 5.48 Å². The zero-order valence-electron chi connectivity index (χ0n) is 6.50. The first-order valence-corrected chi connectivity index (χ1v) is 3.12. The van der Waals surface area contributed by atoms with E-state index in [0.717, 1.165) is 0 Å².